The molecule has 0 radical (unpaired) electrons. The van der Waals surface area contributed by atoms with Gasteiger partial charge in [0.1, 0.15) is 0 Å². The fraction of sp³-hybridized carbons (Fsp3) is 0.118. The minimum absolute atomic E-state index is 0.564. The maximum Gasteiger partial charge on any atom is 0.0547 e. The molecule has 2 nitrogen and oxygen atoms in total. The van der Waals surface area contributed by atoms with Gasteiger partial charge in [0, 0.05) is 33.3 Å². The number of nitrogens with zero attached hydrogens (tertiary/aromatic N) is 2. The van der Waals surface area contributed by atoms with Crippen LogP contribution in [0.3, 0.4) is 0 Å². The Morgan fingerprint density at radius 3 is 1.63 bits per heavy atom. The van der Waals surface area contributed by atoms with Gasteiger partial charge in [-0.05, 0) is 135 Å². The van der Waals surface area contributed by atoms with Gasteiger partial charge in [-0.2, -0.15) is 0 Å². The molecule has 1 heterocycles. The Bertz CT molecular complexity index is 3800. The van der Waals surface area contributed by atoms with Crippen molar-refractivity contribution in [2.24, 2.45) is 0 Å². The van der Waals surface area contributed by atoms with Crippen molar-refractivity contribution in [3.8, 4) is 44.5 Å². The minimum Gasteiger partial charge on any atom is -0.310 e. The van der Waals surface area contributed by atoms with E-state index < -0.39 is 0 Å². The zero-order valence-corrected chi connectivity index (χ0v) is 39.4. The third kappa shape index (κ3) is 7.26. The van der Waals surface area contributed by atoms with Crippen LogP contribution in [0.1, 0.15) is 56.4 Å². The van der Waals surface area contributed by atoms with E-state index in [1.54, 1.807) is 0 Å². The van der Waals surface area contributed by atoms with E-state index in [0.717, 1.165) is 29.9 Å². The molecule has 0 atom stereocenters. The third-order valence-electron chi connectivity index (χ3n) is 15.2. The van der Waals surface area contributed by atoms with Crippen LogP contribution in [-0.2, 0) is 0 Å². The molecule has 2 heteroatoms. The molecule has 2 aliphatic carbocycles. The smallest absolute Gasteiger partial charge is 0.0547 e. The molecule has 1 aromatic heterocycles. The van der Waals surface area contributed by atoms with Crippen molar-refractivity contribution in [1.82, 2.24) is 4.57 Å². The lowest BCUT2D eigenvalue weighted by atomic mass is 9.80. The summed E-state index contributed by atoms with van der Waals surface area (Å²) in [5, 5.41) is 7.73. The number of fused-ring (bicyclic) bond motifs is 5. The van der Waals surface area contributed by atoms with E-state index in [2.05, 4.69) is 246 Å². The van der Waals surface area contributed by atoms with Crippen molar-refractivity contribution in [3.63, 3.8) is 0 Å². The molecule has 0 bridgehead atoms. The topological polar surface area (TPSA) is 8.17 Å². The van der Waals surface area contributed by atoms with Crippen molar-refractivity contribution >= 4 is 66.1 Å². The minimum atomic E-state index is 0.564. The molecule has 10 aromatic carbocycles. The molecule has 70 heavy (non-hydrogen) atoms. The zero-order chi connectivity index (χ0) is 46.4. The van der Waals surface area contributed by atoms with Crippen LogP contribution in [0.15, 0.2) is 237 Å². The van der Waals surface area contributed by atoms with E-state index in [-0.39, 0.29) is 0 Å². The van der Waals surface area contributed by atoms with Crippen LogP contribution >= 0.6 is 0 Å². The summed E-state index contributed by atoms with van der Waals surface area (Å²) in [6.07, 6.45) is 15.6. The molecule has 13 rings (SSSR count). The van der Waals surface area contributed by atoms with Crippen LogP contribution in [0.2, 0.25) is 0 Å². The largest absolute Gasteiger partial charge is 0.310 e. The van der Waals surface area contributed by atoms with Crippen LogP contribution < -0.4 is 4.90 Å². The average molecular weight is 899 g/mol. The van der Waals surface area contributed by atoms with Crippen molar-refractivity contribution in [2.75, 3.05) is 4.90 Å². The highest BCUT2D eigenvalue weighted by atomic mass is 15.1. The first-order chi connectivity index (χ1) is 34.8. The van der Waals surface area contributed by atoms with Gasteiger partial charge in [0.2, 0.25) is 0 Å². The van der Waals surface area contributed by atoms with Gasteiger partial charge in [-0.15, -0.1) is 0 Å². The van der Waals surface area contributed by atoms with E-state index in [1.165, 1.54) is 131 Å². The Morgan fingerprint density at radius 1 is 0.386 bits per heavy atom. The molecular formula is C68H54N2. The lowest BCUT2D eigenvalue weighted by Gasteiger charge is -2.31. The van der Waals surface area contributed by atoms with E-state index >= 15 is 0 Å². The summed E-state index contributed by atoms with van der Waals surface area (Å²) in [6.45, 7) is 0. The number of benzene rings is 10. The van der Waals surface area contributed by atoms with Gasteiger partial charge in [-0.25, -0.2) is 0 Å². The summed E-state index contributed by atoms with van der Waals surface area (Å²) in [7, 11) is 0. The van der Waals surface area contributed by atoms with Crippen molar-refractivity contribution in [2.45, 2.75) is 50.9 Å². The molecule has 1 saturated carbocycles. The number of allylic oxidation sites excluding steroid dienone is 4. The second-order valence-electron chi connectivity index (χ2n) is 19.2. The Balaban J connectivity index is 1.03. The number of rotatable bonds is 9. The molecule has 11 aromatic rings. The zero-order valence-electron chi connectivity index (χ0n) is 39.4. The molecule has 0 spiro atoms. The highest BCUT2D eigenvalue weighted by Gasteiger charge is 2.25. The summed E-state index contributed by atoms with van der Waals surface area (Å²) in [4.78, 5) is 2.54. The van der Waals surface area contributed by atoms with Crippen molar-refractivity contribution in [1.29, 1.82) is 0 Å². The molecular weight excluding hydrogens is 845 g/mol. The van der Waals surface area contributed by atoms with Crippen LogP contribution in [0.5, 0.6) is 0 Å². The van der Waals surface area contributed by atoms with E-state index in [1.807, 2.05) is 0 Å². The number of anilines is 3. The van der Waals surface area contributed by atoms with E-state index in [4.69, 9.17) is 0 Å². The van der Waals surface area contributed by atoms with Crippen LogP contribution in [-0.4, -0.2) is 4.57 Å². The van der Waals surface area contributed by atoms with Gasteiger partial charge in [0.05, 0.1) is 22.4 Å². The number of hydrogen-bond acceptors (Lipinski definition) is 1. The Morgan fingerprint density at radius 2 is 0.929 bits per heavy atom. The molecule has 0 amide bonds. The van der Waals surface area contributed by atoms with Gasteiger partial charge in [0.15, 0.2) is 0 Å². The fourth-order valence-electron chi connectivity index (χ4n) is 12.1. The molecule has 0 saturated heterocycles. The summed E-state index contributed by atoms with van der Waals surface area (Å²) in [5.74, 6) is 0.564. The SMILES string of the molecule is C1=CC(n2c3ccccc3c3c(-c4ccc(N(c5ccccc5-c5cccc6cccc(-c7ccccc7)c56)c5ccccc5-c5cccc6cccc(C7CCCCC7)c56)cc4)cccc32)=CCC1. The number of para-hydroxylation sites is 3. The lowest BCUT2D eigenvalue weighted by molar-refractivity contribution is 0.445. The fourth-order valence-corrected chi connectivity index (χ4v) is 12.1. The standard InChI is InChI=1S/C68H54N2/c1-4-21-47(22-5-1)54-34-16-25-50-27-18-37-59(66(50)54)57-31-10-13-39-62(57)69(63-40-14-11-32-58(63)60-38-19-28-51-26-17-35-55(67(51)60)48-23-6-2-7-24-48)53-45-43-49(44-46-53)56-36-20-42-65-68(56)61-33-12-15-41-64(61)70(65)52-29-8-3-9-30-52/h1,4-5,8,10-22,25-46,48H,2-3,6-7,9,23-24H2. The predicted octanol–water partition coefficient (Wildman–Crippen LogP) is 19.5. The first-order valence-electron chi connectivity index (χ1n) is 25.4. The second kappa shape index (κ2) is 18.0. The molecule has 0 N–H and O–H groups in total. The summed E-state index contributed by atoms with van der Waals surface area (Å²) >= 11 is 0. The average Bonchev–Trinajstić information content (AvgIpc) is 3.78. The van der Waals surface area contributed by atoms with Crippen LogP contribution in [0.4, 0.5) is 17.1 Å². The molecule has 1 fully saturated rings. The predicted molar refractivity (Wildman–Crippen MR) is 299 cm³/mol. The van der Waals surface area contributed by atoms with Crippen LogP contribution in [0, 0.1) is 0 Å². The van der Waals surface area contributed by atoms with E-state index in [9.17, 15) is 0 Å². The molecule has 2 aliphatic rings. The van der Waals surface area contributed by atoms with Crippen LogP contribution in [0.25, 0.3) is 93.6 Å². The Labute approximate surface area is 411 Å². The van der Waals surface area contributed by atoms with Gasteiger partial charge in [0.25, 0.3) is 0 Å². The van der Waals surface area contributed by atoms with Crippen molar-refractivity contribution < 1.29 is 0 Å². The molecule has 336 valence electrons. The monoisotopic (exact) mass is 898 g/mol. The Kier molecular flexibility index (Phi) is 10.8. The highest BCUT2D eigenvalue weighted by Crippen LogP contribution is 2.50. The third-order valence-corrected chi connectivity index (χ3v) is 15.2. The first-order valence-corrected chi connectivity index (χ1v) is 25.4. The van der Waals surface area contributed by atoms with Crippen molar-refractivity contribution in [3.05, 3.63) is 242 Å². The van der Waals surface area contributed by atoms with Gasteiger partial charge >= 0.3 is 0 Å². The summed E-state index contributed by atoms with van der Waals surface area (Å²) < 4.78 is 2.46. The maximum atomic E-state index is 2.54. The summed E-state index contributed by atoms with van der Waals surface area (Å²) in [6, 6.07) is 81.6. The molecule has 0 aliphatic heterocycles. The summed E-state index contributed by atoms with van der Waals surface area (Å²) in [5.41, 5.74) is 18.4. The maximum absolute atomic E-state index is 2.54. The lowest BCUT2D eigenvalue weighted by Crippen LogP contribution is -2.13. The second-order valence-corrected chi connectivity index (χ2v) is 19.2. The van der Waals surface area contributed by atoms with Gasteiger partial charge in [-0.1, -0.05) is 213 Å². The number of hydrogen-bond donors (Lipinski definition) is 0. The quantitative estimate of drug-likeness (QED) is 0.140. The first kappa shape index (κ1) is 41.9. The van der Waals surface area contributed by atoms with Gasteiger partial charge < -0.3 is 9.47 Å². The van der Waals surface area contributed by atoms with E-state index in [0.29, 0.717) is 5.92 Å². The molecule has 0 unspecified atom stereocenters. The van der Waals surface area contributed by atoms with Gasteiger partial charge in [-0.3, -0.25) is 0 Å². The highest BCUT2D eigenvalue weighted by molar-refractivity contribution is 6.17. The normalized spacial score (nSPS) is 14.1. The number of aromatic nitrogens is 1. The Hall–Kier alpha value is -8.20.